The van der Waals surface area contributed by atoms with Crippen LogP contribution in [0.25, 0.3) is 0 Å². The molecule has 0 amide bonds. The maximum atomic E-state index is 6.26. The summed E-state index contributed by atoms with van der Waals surface area (Å²) in [4.78, 5) is 0. The lowest BCUT2D eigenvalue weighted by Gasteiger charge is -2.42. The zero-order valence-corrected chi connectivity index (χ0v) is 21.5. The zero-order chi connectivity index (χ0) is 24.5. The molecule has 0 saturated carbocycles. The second-order valence-corrected chi connectivity index (χ2v) is 9.95. The molecule has 10 heteroatoms. The van der Waals surface area contributed by atoms with E-state index in [1.54, 1.807) is 0 Å². The van der Waals surface area contributed by atoms with Crippen molar-refractivity contribution in [3.63, 3.8) is 0 Å². The number of ether oxygens (including phenoxy) is 10. The van der Waals surface area contributed by atoms with Gasteiger partial charge >= 0.3 is 0 Å². The second kappa shape index (κ2) is 10.9. The van der Waals surface area contributed by atoms with Crippen molar-refractivity contribution < 1.29 is 47.4 Å². The van der Waals surface area contributed by atoms with Gasteiger partial charge in [0, 0.05) is 26.2 Å². The fourth-order valence-corrected chi connectivity index (χ4v) is 5.18. The molecule has 4 saturated heterocycles. The van der Waals surface area contributed by atoms with Gasteiger partial charge in [-0.25, -0.2) is 0 Å². The molecule has 0 radical (unpaired) electrons. The van der Waals surface area contributed by atoms with Crippen LogP contribution in [-0.4, -0.2) is 99.9 Å². The fourth-order valence-electron chi connectivity index (χ4n) is 5.18. The molecule has 4 heterocycles. The third-order valence-electron chi connectivity index (χ3n) is 6.41. The molecule has 9 atom stereocenters. The van der Waals surface area contributed by atoms with E-state index in [9.17, 15) is 0 Å². The minimum Gasteiger partial charge on any atom is -0.379 e. The van der Waals surface area contributed by atoms with Crippen LogP contribution >= 0.6 is 0 Å². The van der Waals surface area contributed by atoms with Crippen LogP contribution in [-0.2, 0) is 47.4 Å². The quantitative estimate of drug-likeness (QED) is 0.454. The molecule has 0 aliphatic carbocycles. The lowest BCUT2D eigenvalue weighted by atomic mass is 9.99. The second-order valence-electron chi connectivity index (χ2n) is 9.95. The molecule has 0 aromatic rings. The van der Waals surface area contributed by atoms with Crippen molar-refractivity contribution in [1.29, 1.82) is 0 Å². The van der Waals surface area contributed by atoms with Gasteiger partial charge in [-0.1, -0.05) is 0 Å². The molecule has 0 aromatic carbocycles. The Bertz CT molecular complexity index is 658. The van der Waals surface area contributed by atoms with E-state index in [-0.39, 0.29) is 43.2 Å². The molecule has 198 valence electrons. The monoisotopic (exact) mass is 490 g/mol. The molecule has 0 bridgehead atoms. The Balaban J connectivity index is 1.43. The first kappa shape index (κ1) is 26.7. The highest BCUT2D eigenvalue weighted by Crippen LogP contribution is 2.44. The van der Waals surface area contributed by atoms with Crippen LogP contribution in [0.5, 0.6) is 0 Å². The summed E-state index contributed by atoms with van der Waals surface area (Å²) in [6, 6.07) is 0. The van der Waals surface area contributed by atoms with Gasteiger partial charge in [0.15, 0.2) is 24.2 Å². The number of hydrogen-bond acceptors (Lipinski definition) is 10. The smallest absolute Gasteiger partial charge is 0.190 e. The van der Waals surface area contributed by atoms with E-state index in [2.05, 4.69) is 0 Å². The average molecular weight is 491 g/mol. The summed E-state index contributed by atoms with van der Waals surface area (Å²) < 4.78 is 60.8. The Morgan fingerprint density at radius 1 is 0.676 bits per heavy atom. The first-order valence-electron chi connectivity index (χ1n) is 12.6. The van der Waals surface area contributed by atoms with Crippen molar-refractivity contribution >= 4 is 0 Å². The molecule has 4 fully saturated rings. The molecule has 4 aliphatic heterocycles. The SMILES string of the molecule is CCOCC1O[C@H](OCC2O[C@@H]3OC(C)(C)OC3C3OC(C)(C)O[C@@H]23)C[C@@H](OCC)[C@H]1OCC. The van der Waals surface area contributed by atoms with Crippen molar-refractivity contribution in [3.05, 3.63) is 0 Å². The van der Waals surface area contributed by atoms with Crippen LogP contribution in [0.1, 0.15) is 54.9 Å². The molecule has 0 spiro atoms. The lowest BCUT2D eigenvalue weighted by molar-refractivity contribution is -0.293. The van der Waals surface area contributed by atoms with Gasteiger partial charge in [-0.05, 0) is 48.5 Å². The molecule has 34 heavy (non-hydrogen) atoms. The highest BCUT2D eigenvalue weighted by atomic mass is 16.9. The third kappa shape index (κ3) is 5.94. The van der Waals surface area contributed by atoms with E-state index < -0.39 is 30.3 Å². The third-order valence-corrected chi connectivity index (χ3v) is 6.41. The van der Waals surface area contributed by atoms with Crippen molar-refractivity contribution in [2.75, 3.05) is 33.0 Å². The minimum absolute atomic E-state index is 0.157. The summed E-state index contributed by atoms with van der Waals surface area (Å²) in [5, 5.41) is 0. The predicted molar refractivity (Wildman–Crippen MR) is 119 cm³/mol. The van der Waals surface area contributed by atoms with Crippen LogP contribution in [0, 0.1) is 0 Å². The van der Waals surface area contributed by atoms with Crippen LogP contribution in [0.4, 0.5) is 0 Å². The van der Waals surface area contributed by atoms with Gasteiger partial charge in [-0.15, -0.1) is 0 Å². The Kier molecular flexibility index (Phi) is 8.56. The van der Waals surface area contributed by atoms with E-state index in [0.717, 1.165) is 0 Å². The van der Waals surface area contributed by atoms with Crippen LogP contribution in [0.15, 0.2) is 0 Å². The summed E-state index contributed by atoms with van der Waals surface area (Å²) in [7, 11) is 0. The topological polar surface area (TPSA) is 92.3 Å². The molecular formula is C24H42O10. The number of fused-ring (bicyclic) bond motifs is 3. The van der Waals surface area contributed by atoms with Gasteiger partial charge in [0.25, 0.3) is 0 Å². The van der Waals surface area contributed by atoms with E-state index >= 15 is 0 Å². The van der Waals surface area contributed by atoms with Gasteiger partial charge in [-0.3, -0.25) is 0 Å². The van der Waals surface area contributed by atoms with E-state index in [1.165, 1.54) is 0 Å². The van der Waals surface area contributed by atoms with Crippen molar-refractivity contribution in [2.24, 2.45) is 0 Å². The number of hydrogen-bond donors (Lipinski definition) is 0. The van der Waals surface area contributed by atoms with Crippen LogP contribution in [0.2, 0.25) is 0 Å². The van der Waals surface area contributed by atoms with E-state index in [1.807, 2.05) is 48.5 Å². The molecule has 0 aromatic heterocycles. The largest absolute Gasteiger partial charge is 0.379 e. The Morgan fingerprint density at radius 2 is 1.35 bits per heavy atom. The predicted octanol–water partition coefficient (Wildman–Crippen LogP) is 2.36. The Labute approximate surface area is 202 Å². The van der Waals surface area contributed by atoms with Crippen molar-refractivity contribution in [3.8, 4) is 0 Å². The molecule has 4 unspecified atom stereocenters. The summed E-state index contributed by atoms with van der Waals surface area (Å²) in [6.45, 7) is 15.8. The van der Waals surface area contributed by atoms with Crippen LogP contribution in [0.3, 0.4) is 0 Å². The highest BCUT2D eigenvalue weighted by Gasteiger charge is 2.60. The van der Waals surface area contributed by atoms with Gasteiger partial charge in [0.2, 0.25) is 0 Å². The first-order valence-corrected chi connectivity index (χ1v) is 12.6. The van der Waals surface area contributed by atoms with Gasteiger partial charge in [0.05, 0.1) is 19.3 Å². The Morgan fingerprint density at radius 3 is 2.06 bits per heavy atom. The molecular weight excluding hydrogens is 448 g/mol. The summed E-state index contributed by atoms with van der Waals surface area (Å²) in [6.07, 6.45) is -2.62. The van der Waals surface area contributed by atoms with Crippen molar-refractivity contribution in [2.45, 2.75) is 122 Å². The van der Waals surface area contributed by atoms with Gasteiger partial charge < -0.3 is 47.4 Å². The maximum Gasteiger partial charge on any atom is 0.190 e. The van der Waals surface area contributed by atoms with Gasteiger partial charge in [0.1, 0.15) is 36.6 Å². The van der Waals surface area contributed by atoms with Crippen LogP contribution < -0.4 is 0 Å². The zero-order valence-electron chi connectivity index (χ0n) is 21.5. The molecule has 10 nitrogen and oxygen atoms in total. The number of rotatable bonds is 10. The molecule has 4 aliphatic rings. The normalized spacial score (nSPS) is 43.0. The van der Waals surface area contributed by atoms with Gasteiger partial charge in [-0.2, -0.15) is 0 Å². The average Bonchev–Trinajstić information content (AvgIpc) is 3.26. The Hall–Kier alpha value is -0.400. The summed E-state index contributed by atoms with van der Waals surface area (Å²) in [5.74, 6) is -1.51. The lowest BCUT2D eigenvalue weighted by Crippen LogP contribution is -2.57. The fraction of sp³-hybridized carbons (Fsp3) is 1.00. The first-order chi connectivity index (χ1) is 16.2. The van der Waals surface area contributed by atoms with Crippen molar-refractivity contribution in [1.82, 2.24) is 0 Å². The maximum absolute atomic E-state index is 6.26. The molecule has 0 N–H and O–H groups in total. The van der Waals surface area contributed by atoms with E-state index in [0.29, 0.717) is 32.8 Å². The summed E-state index contributed by atoms with van der Waals surface area (Å²) in [5.41, 5.74) is 0. The molecule has 4 rings (SSSR count). The standard InChI is InChI=1S/C24H42O10/c1-8-25-12-15-18(27-10-3)14(26-9-2)11-17(29-15)28-13-16-19-20(32-23(4,5)31-19)21-22(30-16)34-24(6,7)33-21/h14-22H,8-13H2,1-7H3/t14-,15?,16?,17+,18-,19+,20?,21?,22-/m1/s1. The van der Waals surface area contributed by atoms with E-state index in [4.69, 9.17) is 47.4 Å². The minimum atomic E-state index is -0.760. The highest BCUT2D eigenvalue weighted by molar-refractivity contribution is 5.00. The summed E-state index contributed by atoms with van der Waals surface area (Å²) >= 11 is 0.